The van der Waals surface area contributed by atoms with E-state index in [1.807, 2.05) is 20.8 Å². The van der Waals surface area contributed by atoms with Crippen LogP contribution in [0.2, 0.25) is 0 Å². The zero-order valence-electron chi connectivity index (χ0n) is 20.9. The predicted octanol–water partition coefficient (Wildman–Crippen LogP) is 2.81. The van der Waals surface area contributed by atoms with E-state index in [0.717, 1.165) is 25.7 Å². The summed E-state index contributed by atoms with van der Waals surface area (Å²) in [7, 11) is 1.29. The fraction of sp³-hybridized carbons (Fsp3) is 0.769. The highest BCUT2D eigenvalue weighted by atomic mass is 16.5. The summed E-state index contributed by atoms with van der Waals surface area (Å²) in [4.78, 5) is 53.5. The third-order valence-electron chi connectivity index (χ3n) is 7.75. The van der Waals surface area contributed by atoms with Crippen LogP contribution in [0.3, 0.4) is 0 Å². The normalized spacial score (nSPS) is 30.0. The van der Waals surface area contributed by atoms with Crippen molar-refractivity contribution >= 4 is 23.6 Å². The number of allylic oxidation sites excluding steroid dienone is 1. The van der Waals surface area contributed by atoms with Gasteiger partial charge in [-0.15, -0.1) is 6.58 Å². The number of amides is 1. The van der Waals surface area contributed by atoms with Crippen LogP contribution in [-0.4, -0.2) is 65.5 Å². The van der Waals surface area contributed by atoms with Crippen LogP contribution in [0.15, 0.2) is 12.7 Å². The molecule has 0 unspecified atom stereocenters. The van der Waals surface area contributed by atoms with Gasteiger partial charge < -0.3 is 19.5 Å². The molecule has 1 amide bonds. The van der Waals surface area contributed by atoms with Crippen molar-refractivity contribution in [3.63, 3.8) is 0 Å². The van der Waals surface area contributed by atoms with Crippen molar-refractivity contribution in [2.75, 3.05) is 13.7 Å². The highest BCUT2D eigenvalue weighted by molar-refractivity contribution is 5.96. The summed E-state index contributed by atoms with van der Waals surface area (Å²) >= 11 is 0. The van der Waals surface area contributed by atoms with Crippen LogP contribution in [0, 0.1) is 22.7 Å². The van der Waals surface area contributed by atoms with Crippen LogP contribution < -0.4 is 0 Å². The number of hydrogen-bond acceptors (Lipinski definition) is 7. The molecule has 1 saturated heterocycles. The van der Waals surface area contributed by atoms with E-state index in [4.69, 9.17) is 9.47 Å². The lowest BCUT2D eigenvalue weighted by molar-refractivity contribution is -0.156. The molecule has 2 aliphatic carbocycles. The number of aliphatic hydroxyl groups excluding tert-OH is 1. The summed E-state index contributed by atoms with van der Waals surface area (Å²) in [6, 6.07) is -0.842. The second kappa shape index (κ2) is 10.2. The van der Waals surface area contributed by atoms with E-state index in [9.17, 15) is 24.3 Å². The molecule has 1 aliphatic heterocycles. The molecule has 0 radical (unpaired) electrons. The van der Waals surface area contributed by atoms with Crippen molar-refractivity contribution < 1.29 is 33.8 Å². The van der Waals surface area contributed by atoms with E-state index in [-0.39, 0.29) is 49.5 Å². The fourth-order valence-corrected chi connectivity index (χ4v) is 5.52. The molecule has 8 heteroatoms. The van der Waals surface area contributed by atoms with E-state index in [2.05, 4.69) is 6.58 Å². The molecule has 1 heterocycles. The number of esters is 2. The van der Waals surface area contributed by atoms with E-state index < -0.39 is 40.8 Å². The van der Waals surface area contributed by atoms with Gasteiger partial charge in [0.15, 0.2) is 5.78 Å². The maximum absolute atomic E-state index is 13.7. The summed E-state index contributed by atoms with van der Waals surface area (Å²) < 4.78 is 10.5. The standard InChI is InChI=1S/C26H39NO7/c1-6-16-13-26(16,24(32)33-5)14-21(29)20-11-17(28)15-27(20)23(31)19(25(2,3)4)12-22(30)34-18-9-7-8-10-18/h6,16-20,28H,1,7-15H2,2-5H3/t16-,17-,19-,20+,26-/m1/s1. The van der Waals surface area contributed by atoms with Crippen LogP contribution in [0.1, 0.15) is 72.1 Å². The van der Waals surface area contributed by atoms with E-state index in [0.29, 0.717) is 6.42 Å². The molecule has 3 rings (SSSR count). The molecule has 190 valence electrons. The number of rotatable bonds is 9. The van der Waals surface area contributed by atoms with E-state index in [1.54, 1.807) is 6.08 Å². The molecule has 3 fully saturated rings. The SMILES string of the molecule is C=C[C@@H]1C[C@]1(CC(=O)[C@@H]1C[C@@H](O)CN1C(=O)[C@@H](CC(=O)OC1CCCC1)C(C)(C)C)C(=O)OC. The molecular weight excluding hydrogens is 438 g/mol. The third-order valence-corrected chi connectivity index (χ3v) is 7.75. The lowest BCUT2D eigenvalue weighted by atomic mass is 9.77. The third kappa shape index (κ3) is 5.53. The molecule has 5 atom stereocenters. The number of β-amino-alcohol motifs (C(OH)–C–C–N with tert-alkyl or cyclic N) is 1. The summed E-state index contributed by atoms with van der Waals surface area (Å²) in [6.07, 6.45) is 4.96. The van der Waals surface area contributed by atoms with Gasteiger partial charge in [-0.2, -0.15) is 0 Å². The molecule has 34 heavy (non-hydrogen) atoms. The number of carbonyl (C=O) groups is 4. The monoisotopic (exact) mass is 477 g/mol. The molecule has 1 N–H and O–H groups in total. The second-order valence-corrected chi connectivity index (χ2v) is 11.3. The van der Waals surface area contributed by atoms with Crippen molar-refractivity contribution in [2.45, 2.75) is 90.4 Å². The predicted molar refractivity (Wildman–Crippen MR) is 124 cm³/mol. The Morgan fingerprint density at radius 2 is 1.85 bits per heavy atom. The van der Waals surface area contributed by atoms with Crippen LogP contribution in [0.25, 0.3) is 0 Å². The second-order valence-electron chi connectivity index (χ2n) is 11.3. The molecule has 2 saturated carbocycles. The number of nitrogens with zero attached hydrogens (tertiary/aromatic N) is 1. The highest BCUT2D eigenvalue weighted by Crippen LogP contribution is 2.57. The summed E-state index contributed by atoms with van der Waals surface area (Å²) in [5.74, 6) is -2.32. The smallest absolute Gasteiger partial charge is 0.312 e. The lowest BCUT2D eigenvalue weighted by Crippen LogP contribution is -2.48. The Kier molecular flexibility index (Phi) is 7.90. The molecule has 0 bridgehead atoms. The van der Waals surface area contributed by atoms with E-state index in [1.165, 1.54) is 12.0 Å². The van der Waals surface area contributed by atoms with Crippen LogP contribution in [0.4, 0.5) is 0 Å². The first kappa shape index (κ1) is 26.4. The minimum absolute atomic E-state index is 0.0234. The van der Waals surface area contributed by atoms with Crippen LogP contribution in [-0.2, 0) is 28.7 Å². The largest absolute Gasteiger partial charge is 0.469 e. The van der Waals surface area contributed by atoms with Gasteiger partial charge in [-0.1, -0.05) is 26.8 Å². The Hall–Kier alpha value is -2.22. The zero-order valence-corrected chi connectivity index (χ0v) is 20.9. The topological polar surface area (TPSA) is 110 Å². The van der Waals surface area contributed by atoms with Crippen molar-refractivity contribution in [3.05, 3.63) is 12.7 Å². The van der Waals surface area contributed by atoms with Gasteiger partial charge >= 0.3 is 11.9 Å². The van der Waals surface area contributed by atoms with Gasteiger partial charge in [-0.25, -0.2) is 0 Å². The molecule has 0 aromatic heterocycles. The van der Waals surface area contributed by atoms with Crippen molar-refractivity contribution in [1.82, 2.24) is 4.90 Å². The number of hydrogen-bond donors (Lipinski definition) is 1. The van der Waals surface area contributed by atoms with Crippen molar-refractivity contribution in [3.8, 4) is 0 Å². The van der Waals surface area contributed by atoms with Crippen molar-refractivity contribution in [1.29, 1.82) is 0 Å². The average molecular weight is 478 g/mol. The number of carbonyl (C=O) groups excluding carboxylic acids is 4. The first-order valence-electron chi connectivity index (χ1n) is 12.3. The Balaban J connectivity index is 1.74. The lowest BCUT2D eigenvalue weighted by Gasteiger charge is -2.35. The van der Waals surface area contributed by atoms with Gasteiger partial charge in [-0.3, -0.25) is 19.2 Å². The average Bonchev–Trinajstić information content (AvgIpc) is 3.07. The Morgan fingerprint density at radius 3 is 2.38 bits per heavy atom. The molecule has 3 aliphatic rings. The maximum atomic E-state index is 13.7. The first-order chi connectivity index (χ1) is 15.9. The Morgan fingerprint density at radius 1 is 1.21 bits per heavy atom. The van der Waals surface area contributed by atoms with Gasteiger partial charge in [0.1, 0.15) is 6.10 Å². The number of ketones is 1. The highest BCUT2D eigenvalue weighted by Gasteiger charge is 2.61. The minimum atomic E-state index is -0.940. The number of ether oxygens (including phenoxy) is 2. The van der Waals surface area contributed by atoms with E-state index >= 15 is 0 Å². The van der Waals surface area contributed by atoms with Crippen molar-refractivity contribution in [2.24, 2.45) is 22.7 Å². The Bertz CT molecular complexity index is 825. The van der Waals surface area contributed by atoms with Gasteiger partial charge in [-0.05, 0) is 43.4 Å². The fourth-order valence-electron chi connectivity index (χ4n) is 5.52. The number of likely N-dealkylation sites (tertiary alicyclic amines) is 1. The summed E-state index contributed by atoms with van der Waals surface area (Å²) in [5, 5.41) is 10.3. The molecule has 0 aromatic carbocycles. The number of Topliss-reactive ketones (excluding diaryl/α,β-unsaturated/α-hetero) is 1. The zero-order chi connectivity index (χ0) is 25.3. The van der Waals surface area contributed by atoms with Gasteiger partial charge in [0.05, 0.1) is 37.0 Å². The summed E-state index contributed by atoms with van der Waals surface area (Å²) in [5.41, 5.74) is -1.49. The number of aliphatic hydroxyl groups is 1. The van der Waals surface area contributed by atoms with Crippen LogP contribution >= 0.6 is 0 Å². The first-order valence-corrected chi connectivity index (χ1v) is 12.3. The van der Waals surface area contributed by atoms with Gasteiger partial charge in [0, 0.05) is 19.4 Å². The molecule has 8 nitrogen and oxygen atoms in total. The van der Waals surface area contributed by atoms with Gasteiger partial charge in [0.2, 0.25) is 5.91 Å². The minimum Gasteiger partial charge on any atom is -0.469 e. The van der Waals surface area contributed by atoms with Crippen LogP contribution in [0.5, 0.6) is 0 Å². The number of methoxy groups -OCH3 is 1. The maximum Gasteiger partial charge on any atom is 0.312 e. The Labute approximate surface area is 202 Å². The molecule has 0 spiro atoms. The molecular formula is C26H39NO7. The summed E-state index contributed by atoms with van der Waals surface area (Å²) in [6.45, 7) is 9.41. The molecule has 0 aromatic rings. The quantitative estimate of drug-likeness (QED) is 0.402. The van der Waals surface area contributed by atoms with Gasteiger partial charge in [0.25, 0.3) is 0 Å².